The molecule has 2 nitrogen and oxygen atoms in total. The van der Waals surface area contributed by atoms with Crippen LogP contribution in [0, 0.1) is 0 Å². The summed E-state index contributed by atoms with van der Waals surface area (Å²) in [5, 5.41) is 7.48. The molecule has 0 saturated heterocycles. The van der Waals surface area contributed by atoms with Crippen molar-refractivity contribution in [2.45, 2.75) is 0 Å². The first-order chi connectivity index (χ1) is 26.8. The molecule has 0 fully saturated rings. The average molecular weight is 687 g/mol. The maximum atomic E-state index is 2.50. The number of hydrogen-bond donors (Lipinski definition) is 0. The number of para-hydroxylation sites is 2. The highest BCUT2D eigenvalue weighted by Gasteiger charge is 2.21. The lowest BCUT2D eigenvalue weighted by atomic mass is 9.93. The molecule has 0 atom stereocenters. The maximum absolute atomic E-state index is 2.50. The van der Waals surface area contributed by atoms with Crippen LogP contribution in [0.3, 0.4) is 0 Å². The second-order valence-electron chi connectivity index (χ2n) is 14.1. The van der Waals surface area contributed by atoms with Gasteiger partial charge in [0.1, 0.15) is 0 Å². The van der Waals surface area contributed by atoms with Crippen LogP contribution in [0.4, 0.5) is 0 Å². The van der Waals surface area contributed by atoms with Gasteiger partial charge in [-0.1, -0.05) is 164 Å². The number of aromatic nitrogens is 2. The van der Waals surface area contributed by atoms with E-state index in [0.29, 0.717) is 0 Å². The van der Waals surface area contributed by atoms with E-state index < -0.39 is 0 Å². The molecule has 0 aliphatic rings. The minimum absolute atomic E-state index is 1.14. The van der Waals surface area contributed by atoms with Gasteiger partial charge in [-0.25, -0.2) is 0 Å². The number of benzene rings is 9. The van der Waals surface area contributed by atoms with Gasteiger partial charge >= 0.3 is 0 Å². The molecule has 0 saturated carbocycles. The van der Waals surface area contributed by atoms with Gasteiger partial charge in [-0.3, -0.25) is 0 Å². The van der Waals surface area contributed by atoms with Crippen LogP contribution in [-0.2, 0) is 0 Å². The lowest BCUT2D eigenvalue weighted by molar-refractivity contribution is 1.16. The van der Waals surface area contributed by atoms with Gasteiger partial charge < -0.3 is 9.13 Å². The second-order valence-corrected chi connectivity index (χ2v) is 14.1. The highest BCUT2D eigenvalue weighted by molar-refractivity contribution is 6.21. The van der Waals surface area contributed by atoms with E-state index in [2.05, 4.69) is 215 Å². The van der Waals surface area contributed by atoms with Crippen molar-refractivity contribution in [3.05, 3.63) is 206 Å². The highest BCUT2D eigenvalue weighted by Crippen LogP contribution is 2.44. The Labute approximate surface area is 313 Å². The van der Waals surface area contributed by atoms with Crippen LogP contribution in [0.1, 0.15) is 0 Å². The van der Waals surface area contributed by atoms with E-state index in [1.54, 1.807) is 0 Å². The van der Waals surface area contributed by atoms with Crippen molar-refractivity contribution in [2.24, 2.45) is 0 Å². The zero-order valence-corrected chi connectivity index (χ0v) is 29.5. The largest absolute Gasteiger partial charge is 0.309 e. The molecule has 0 unspecified atom stereocenters. The molecule has 0 aliphatic carbocycles. The van der Waals surface area contributed by atoms with E-state index in [1.807, 2.05) is 0 Å². The zero-order chi connectivity index (χ0) is 35.6. The normalized spacial score (nSPS) is 11.7. The lowest BCUT2D eigenvalue weighted by Gasteiger charge is -2.16. The Morgan fingerprint density at radius 1 is 0.259 bits per heavy atom. The first-order valence-corrected chi connectivity index (χ1v) is 18.6. The Hall–Kier alpha value is -7.16. The predicted molar refractivity (Wildman–Crippen MR) is 229 cm³/mol. The molecule has 0 spiro atoms. The smallest absolute Gasteiger partial charge is 0.0625 e. The predicted octanol–water partition coefficient (Wildman–Crippen LogP) is 14.0. The van der Waals surface area contributed by atoms with E-state index in [9.17, 15) is 0 Å². The highest BCUT2D eigenvalue weighted by atomic mass is 15.0. The van der Waals surface area contributed by atoms with E-state index in [1.165, 1.54) is 87.8 Å². The fourth-order valence-corrected chi connectivity index (χ4v) is 8.62. The Balaban J connectivity index is 1.18. The summed E-state index contributed by atoms with van der Waals surface area (Å²) in [5.74, 6) is 0. The fraction of sp³-hybridized carbons (Fsp3) is 0. The third-order valence-corrected chi connectivity index (χ3v) is 11.1. The molecule has 0 amide bonds. The second kappa shape index (κ2) is 12.2. The van der Waals surface area contributed by atoms with E-state index >= 15 is 0 Å². The summed E-state index contributed by atoms with van der Waals surface area (Å²) < 4.78 is 4.92. The van der Waals surface area contributed by atoms with Crippen LogP contribution in [0.15, 0.2) is 206 Å². The summed E-state index contributed by atoms with van der Waals surface area (Å²) in [5.41, 5.74) is 14.4. The van der Waals surface area contributed by atoms with Crippen molar-refractivity contribution in [3.8, 4) is 44.8 Å². The van der Waals surface area contributed by atoms with Crippen molar-refractivity contribution >= 4 is 54.4 Å². The monoisotopic (exact) mass is 686 g/mol. The van der Waals surface area contributed by atoms with Gasteiger partial charge in [0.25, 0.3) is 0 Å². The number of fused-ring (bicyclic) bond motifs is 7. The van der Waals surface area contributed by atoms with Crippen LogP contribution in [-0.4, -0.2) is 9.13 Å². The molecular weight excluding hydrogens is 653 g/mol. The topological polar surface area (TPSA) is 9.86 Å². The Morgan fingerprint density at radius 2 is 0.722 bits per heavy atom. The average Bonchev–Trinajstić information content (AvgIpc) is 3.76. The van der Waals surface area contributed by atoms with E-state index in [4.69, 9.17) is 0 Å². The van der Waals surface area contributed by atoms with Gasteiger partial charge in [-0.15, -0.1) is 0 Å². The number of rotatable bonds is 5. The first-order valence-electron chi connectivity index (χ1n) is 18.6. The Morgan fingerprint density at radius 3 is 1.39 bits per heavy atom. The molecule has 54 heavy (non-hydrogen) atoms. The third kappa shape index (κ3) is 4.74. The van der Waals surface area contributed by atoms with Gasteiger partial charge in [0.05, 0.1) is 22.1 Å². The maximum Gasteiger partial charge on any atom is 0.0625 e. The molecule has 252 valence electrons. The van der Waals surface area contributed by atoms with Gasteiger partial charge in [-0.05, 0) is 81.1 Å². The molecule has 0 bridgehead atoms. The summed E-state index contributed by atoms with van der Waals surface area (Å²) in [6.07, 6.45) is 0. The first kappa shape index (κ1) is 30.5. The molecule has 0 radical (unpaired) electrons. The number of hydrogen-bond acceptors (Lipinski definition) is 0. The summed E-state index contributed by atoms with van der Waals surface area (Å²) in [6, 6.07) is 75.2. The Bertz CT molecular complexity index is 3170. The zero-order valence-electron chi connectivity index (χ0n) is 29.5. The molecule has 11 aromatic rings. The van der Waals surface area contributed by atoms with Crippen LogP contribution >= 0.6 is 0 Å². The molecule has 2 aromatic heterocycles. The van der Waals surface area contributed by atoms with Crippen LogP contribution in [0.2, 0.25) is 0 Å². The number of nitrogens with zero attached hydrogens (tertiary/aromatic N) is 2. The minimum Gasteiger partial charge on any atom is -0.309 e. The van der Waals surface area contributed by atoms with Crippen molar-refractivity contribution in [1.82, 2.24) is 9.13 Å². The van der Waals surface area contributed by atoms with Crippen molar-refractivity contribution in [3.63, 3.8) is 0 Å². The molecule has 9 aromatic carbocycles. The summed E-state index contributed by atoms with van der Waals surface area (Å²) in [6.45, 7) is 0. The third-order valence-electron chi connectivity index (χ3n) is 11.1. The van der Waals surface area contributed by atoms with Crippen molar-refractivity contribution in [2.75, 3.05) is 0 Å². The van der Waals surface area contributed by atoms with Gasteiger partial charge in [0.2, 0.25) is 0 Å². The van der Waals surface area contributed by atoms with E-state index in [-0.39, 0.29) is 0 Å². The lowest BCUT2D eigenvalue weighted by Crippen LogP contribution is -1.98. The SMILES string of the molecule is c1ccc(-c2ccc(-c3c4ccccc4cc4c5ccccc5n(-c5ccc6c7ccccc7n(-c7ccc(-c8ccccc8)cc7)c6c5)c34)cc2)cc1. The van der Waals surface area contributed by atoms with E-state index in [0.717, 1.165) is 11.4 Å². The summed E-state index contributed by atoms with van der Waals surface area (Å²) in [4.78, 5) is 0. The Kier molecular flexibility index (Phi) is 6.90. The van der Waals surface area contributed by atoms with Gasteiger partial charge in [0.15, 0.2) is 0 Å². The van der Waals surface area contributed by atoms with Crippen LogP contribution in [0.5, 0.6) is 0 Å². The summed E-state index contributed by atoms with van der Waals surface area (Å²) in [7, 11) is 0. The quantitative estimate of drug-likeness (QED) is 0.171. The molecule has 0 aliphatic heterocycles. The molecule has 2 heterocycles. The van der Waals surface area contributed by atoms with Crippen LogP contribution in [0.25, 0.3) is 99.1 Å². The van der Waals surface area contributed by atoms with Gasteiger partial charge in [-0.2, -0.15) is 0 Å². The summed E-state index contributed by atoms with van der Waals surface area (Å²) >= 11 is 0. The van der Waals surface area contributed by atoms with Crippen molar-refractivity contribution in [1.29, 1.82) is 0 Å². The molecule has 0 N–H and O–H groups in total. The molecule has 2 heteroatoms. The minimum atomic E-state index is 1.14. The van der Waals surface area contributed by atoms with Crippen molar-refractivity contribution < 1.29 is 0 Å². The molecule has 11 rings (SSSR count). The fourth-order valence-electron chi connectivity index (χ4n) is 8.62. The van der Waals surface area contributed by atoms with Gasteiger partial charge in [0, 0.05) is 38.5 Å². The molecular formula is C52H34N2. The van der Waals surface area contributed by atoms with Crippen LogP contribution < -0.4 is 0 Å². The standard InChI is InChI=1S/C52H34N2/c1-3-13-35(14-4-1)37-23-25-39(26-24-37)51-43-18-8-7-17-40(43)33-47-45-20-10-12-22-49(45)54(52(47)51)42-31-32-46-44-19-9-11-21-48(44)53(50(46)34-42)41-29-27-38(28-30-41)36-15-5-2-6-16-36/h1-34H.